The van der Waals surface area contributed by atoms with Crippen LogP contribution in [0, 0.1) is 13.8 Å². The lowest BCUT2D eigenvalue weighted by Gasteiger charge is -2.07. The van der Waals surface area contributed by atoms with Crippen molar-refractivity contribution >= 4 is 5.69 Å². The zero-order chi connectivity index (χ0) is 9.84. The molecule has 13 heavy (non-hydrogen) atoms. The fraction of sp³-hybridized carbons (Fsp3) is 0.333. The molecule has 0 aliphatic heterocycles. The molecule has 1 nitrogen and oxygen atoms in total. The zero-order valence-electron chi connectivity index (χ0n) is 8.65. The van der Waals surface area contributed by atoms with E-state index in [1.54, 1.807) is 0 Å². The first-order valence-electron chi connectivity index (χ1n) is 4.54. The second kappa shape index (κ2) is 4.13. The van der Waals surface area contributed by atoms with E-state index in [0.29, 0.717) is 0 Å². The Morgan fingerprint density at radius 3 is 2.23 bits per heavy atom. The predicted molar refractivity (Wildman–Crippen MR) is 59.2 cm³/mol. The van der Waals surface area contributed by atoms with Crippen molar-refractivity contribution in [1.82, 2.24) is 0 Å². The largest absolute Gasteiger partial charge is 0.381 e. The van der Waals surface area contributed by atoms with Gasteiger partial charge < -0.3 is 5.32 Å². The summed E-state index contributed by atoms with van der Waals surface area (Å²) in [5.41, 5.74) is 4.92. The van der Waals surface area contributed by atoms with Crippen LogP contribution in [-0.4, -0.2) is 6.54 Å². The second-order valence-corrected chi connectivity index (χ2v) is 3.69. The molecule has 0 bridgehead atoms. The molecule has 0 aromatic heterocycles. The molecule has 1 aromatic rings. The molecule has 0 unspecified atom stereocenters. The van der Waals surface area contributed by atoms with Gasteiger partial charge in [0.05, 0.1) is 0 Å². The summed E-state index contributed by atoms with van der Waals surface area (Å²) in [7, 11) is 0. The van der Waals surface area contributed by atoms with Crippen molar-refractivity contribution in [3.05, 3.63) is 41.5 Å². The van der Waals surface area contributed by atoms with Gasteiger partial charge in [0.25, 0.3) is 0 Å². The molecule has 1 aromatic carbocycles. The van der Waals surface area contributed by atoms with Gasteiger partial charge in [-0.1, -0.05) is 18.2 Å². The number of benzene rings is 1. The Balaban J connectivity index is 2.71. The summed E-state index contributed by atoms with van der Waals surface area (Å²) < 4.78 is 0. The quantitative estimate of drug-likeness (QED) is 0.695. The summed E-state index contributed by atoms with van der Waals surface area (Å²) in [4.78, 5) is 0. The number of rotatable bonds is 3. The van der Waals surface area contributed by atoms with E-state index in [-0.39, 0.29) is 0 Å². The second-order valence-electron chi connectivity index (χ2n) is 3.69. The van der Waals surface area contributed by atoms with Crippen LogP contribution in [0.25, 0.3) is 0 Å². The number of aryl methyl sites for hydroxylation is 2. The molecule has 1 heteroatoms. The summed E-state index contributed by atoms with van der Waals surface area (Å²) in [6.07, 6.45) is 0. The van der Waals surface area contributed by atoms with Crippen LogP contribution < -0.4 is 5.32 Å². The summed E-state index contributed by atoms with van der Waals surface area (Å²) >= 11 is 0. The maximum Gasteiger partial charge on any atom is 0.0354 e. The van der Waals surface area contributed by atoms with Crippen LogP contribution in [0.3, 0.4) is 0 Å². The third-order valence-corrected chi connectivity index (χ3v) is 1.82. The molecule has 0 saturated heterocycles. The van der Waals surface area contributed by atoms with Gasteiger partial charge >= 0.3 is 0 Å². The minimum atomic E-state index is 0.850. The maximum atomic E-state index is 3.85. The SMILES string of the molecule is C=C(C)CNc1cc(C)cc(C)c1. The molecular formula is C12H17N. The number of anilines is 1. The van der Waals surface area contributed by atoms with Crippen molar-refractivity contribution in [2.24, 2.45) is 0 Å². The van der Waals surface area contributed by atoms with Crippen LogP contribution in [-0.2, 0) is 0 Å². The van der Waals surface area contributed by atoms with Crippen LogP contribution in [0.4, 0.5) is 5.69 Å². The molecule has 0 amide bonds. The maximum absolute atomic E-state index is 3.85. The van der Waals surface area contributed by atoms with Crippen LogP contribution in [0.15, 0.2) is 30.4 Å². The van der Waals surface area contributed by atoms with Gasteiger partial charge in [0.1, 0.15) is 0 Å². The van der Waals surface area contributed by atoms with E-state index in [4.69, 9.17) is 0 Å². The Hall–Kier alpha value is -1.24. The summed E-state index contributed by atoms with van der Waals surface area (Å²) in [5.74, 6) is 0. The van der Waals surface area contributed by atoms with Crippen LogP contribution in [0.2, 0.25) is 0 Å². The Morgan fingerprint density at radius 1 is 1.23 bits per heavy atom. The fourth-order valence-corrected chi connectivity index (χ4v) is 1.33. The summed E-state index contributed by atoms with van der Waals surface area (Å²) in [6.45, 7) is 10.9. The molecule has 70 valence electrons. The smallest absolute Gasteiger partial charge is 0.0354 e. The molecule has 0 aliphatic carbocycles. The molecule has 1 rings (SSSR count). The van der Waals surface area contributed by atoms with Gasteiger partial charge in [-0.2, -0.15) is 0 Å². The lowest BCUT2D eigenvalue weighted by molar-refractivity contribution is 1.21. The highest BCUT2D eigenvalue weighted by atomic mass is 14.9. The van der Waals surface area contributed by atoms with Gasteiger partial charge in [0.15, 0.2) is 0 Å². The lowest BCUT2D eigenvalue weighted by Crippen LogP contribution is -2.02. The average molecular weight is 175 g/mol. The lowest BCUT2D eigenvalue weighted by atomic mass is 10.1. The number of nitrogens with one attached hydrogen (secondary N) is 1. The van der Waals surface area contributed by atoms with Crippen molar-refractivity contribution in [2.75, 3.05) is 11.9 Å². The van der Waals surface area contributed by atoms with Crippen molar-refractivity contribution in [2.45, 2.75) is 20.8 Å². The van der Waals surface area contributed by atoms with Gasteiger partial charge in [0, 0.05) is 12.2 Å². The first kappa shape index (κ1) is 9.85. The molecule has 0 atom stereocenters. The summed E-state index contributed by atoms with van der Waals surface area (Å²) in [5, 5.41) is 3.33. The van der Waals surface area contributed by atoms with E-state index in [2.05, 4.69) is 43.9 Å². The van der Waals surface area contributed by atoms with Crippen molar-refractivity contribution in [1.29, 1.82) is 0 Å². The average Bonchev–Trinajstić information content (AvgIpc) is 1.99. The Bertz CT molecular complexity index is 293. The number of hydrogen-bond acceptors (Lipinski definition) is 1. The van der Waals surface area contributed by atoms with Gasteiger partial charge in [-0.05, 0) is 44.0 Å². The van der Waals surface area contributed by atoms with Gasteiger partial charge in [0.2, 0.25) is 0 Å². The standard InChI is InChI=1S/C12H17N/c1-9(2)8-13-12-6-10(3)5-11(4)7-12/h5-7,13H,1,8H2,2-4H3. The third-order valence-electron chi connectivity index (χ3n) is 1.82. The topological polar surface area (TPSA) is 12.0 Å². The molecule has 0 heterocycles. The Labute approximate surface area is 80.5 Å². The first-order chi connectivity index (χ1) is 6.08. The van der Waals surface area contributed by atoms with Crippen LogP contribution >= 0.6 is 0 Å². The molecule has 1 N–H and O–H groups in total. The van der Waals surface area contributed by atoms with Crippen molar-refractivity contribution in [3.8, 4) is 0 Å². The molecule has 0 spiro atoms. The molecule has 0 aliphatic rings. The van der Waals surface area contributed by atoms with E-state index in [9.17, 15) is 0 Å². The van der Waals surface area contributed by atoms with E-state index in [1.165, 1.54) is 16.8 Å². The van der Waals surface area contributed by atoms with Gasteiger partial charge in [-0.3, -0.25) is 0 Å². The van der Waals surface area contributed by atoms with Crippen LogP contribution in [0.1, 0.15) is 18.1 Å². The monoisotopic (exact) mass is 175 g/mol. The molecular weight excluding hydrogens is 158 g/mol. The van der Waals surface area contributed by atoms with Gasteiger partial charge in [-0.15, -0.1) is 0 Å². The molecule has 0 radical (unpaired) electrons. The van der Waals surface area contributed by atoms with Crippen LogP contribution in [0.5, 0.6) is 0 Å². The Morgan fingerprint density at radius 2 is 1.77 bits per heavy atom. The normalized spacial score (nSPS) is 9.77. The van der Waals surface area contributed by atoms with E-state index in [1.807, 2.05) is 6.92 Å². The van der Waals surface area contributed by atoms with Crippen molar-refractivity contribution < 1.29 is 0 Å². The van der Waals surface area contributed by atoms with E-state index >= 15 is 0 Å². The Kier molecular flexibility index (Phi) is 3.13. The predicted octanol–water partition coefficient (Wildman–Crippen LogP) is 3.29. The van der Waals surface area contributed by atoms with Gasteiger partial charge in [-0.25, -0.2) is 0 Å². The first-order valence-corrected chi connectivity index (χ1v) is 4.54. The van der Waals surface area contributed by atoms with E-state index < -0.39 is 0 Å². The minimum absolute atomic E-state index is 0.850. The zero-order valence-corrected chi connectivity index (χ0v) is 8.65. The third kappa shape index (κ3) is 3.32. The van der Waals surface area contributed by atoms with Crippen molar-refractivity contribution in [3.63, 3.8) is 0 Å². The number of hydrogen-bond donors (Lipinski definition) is 1. The molecule has 0 fully saturated rings. The minimum Gasteiger partial charge on any atom is -0.381 e. The fourth-order valence-electron chi connectivity index (χ4n) is 1.33. The highest BCUT2D eigenvalue weighted by molar-refractivity contribution is 5.48. The highest BCUT2D eigenvalue weighted by Gasteiger charge is 1.94. The van der Waals surface area contributed by atoms with E-state index in [0.717, 1.165) is 12.1 Å². The summed E-state index contributed by atoms with van der Waals surface area (Å²) in [6, 6.07) is 6.47. The molecule has 0 saturated carbocycles. The highest BCUT2D eigenvalue weighted by Crippen LogP contribution is 2.13.